The lowest BCUT2D eigenvalue weighted by molar-refractivity contribution is -0.143. The molecule has 2 aromatic carbocycles. The van der Waals surface area contributed by atoms with Crippen LogP contribution in [0.15, 0.2) is 48.5 Å². The number of hydrogen-bond acceptors (Lipinski definition) is 5. The first-order chi connectivity index (χ1) is 14.7. The molecule has 1 N–H and O–H groups in total. The Hall–Kier alpha value is -3.49. The highest BCUT2D eigenvalue weighted by Crippen LogP contribution is 2.29. The van der Waals surface area contributed by atoms with Crippen LogP contribution >= 0.6 is 0 Å². The minimum Gasteiger partial charge on any atom is -0.493 e. The van der Waals surface area contributed by atoms with E-state index >= 15 is 0 Å². The molecule has 9 heteroatoms. The van der Waals surface area contributed by atoms with Crippen LogP contribution in [-0.4, -0.2) is 39.2 Å². The summed E-state index contributed by atoms with van der Waals surface area (Å²) in [4.78, 5) is 23.5. The third-order valence-electron chi connectivity index (χ3n) is 4.18. The molecule has 0 heterocycles. The Labute approximate surface area is 177 Å². The lowest BCUT2D eigenvalue weighted by Gasteiger charge is -2.10. The summed E-state index contributed by atoms with van der Waals surface area (Å²) in [5.41, 5.74) is 0.538. The largest absolute Gasteiger partial charge is 0.493 e. The Balaban J connectivity index is 1.73. The summed E-state index contributed by atoms with van der Waals surface area (Å²) in [6.45, 7) is -0.143. The van der Waals surface area contributed by atoms with Gasteiger partial charge in [-0.25, -0.2) is 4.79 Å². The Morgan fingerprint density at radius 1 is 1.00 bits per heavy atom. The molecule has 0 unspecified atom stereocenters. The minimum atomic E-state index is -4.42. The monoisotopic (exact) mass is 437 g/mol. The molecule has 0 radical (unpaired) electrons. The second kappa shape index (κ2) is 11.1. The molecule has 0 atom stereocenters. The Morgan fingerprint density at radius 2 is 1.68 bits per heavy atom. The van der Waals surface area contributed by atoms with Crippen LogP contribution in [0, 0.1) is 0 Å². The molecule has 0 bridgehead atoms. The van der Waals surface area contributed by atoms with E-state index in [1.54, 1.807) is 12.1 Å². The predicted octanol–water partition coefficient (Wildman–Crippen LogP) is 3.64. The normalized spacial score (nSPS) is 11.3. The second-order valence-corrected chi connectivity index (χ2v) is 6.35. The molecule has 1 amide bonds. The quantitative estimate of drug-likeness (QED) is 0.479. The van der Waals surface area contributed by atoms with E-state index in [2.05, 4.69) is 5.32 Å². The van der Waals surface area contributed by atoms with Crippen LogP contribution < -0.4 is 14.8 Å². The average Bonchev–Trinajstić information content (AvgIpc) is 2.75. The number of halogens is 3. The summed E-state index contributed by atoms with van der Waals surface area (Å²) in [5, 5.41) is 2.63. The van der Waals surface area contributed by atoms with Gasteiger partial charge in [0, 0.05) is 12.6 Å². The van der Waals surface area contributed by atoms with Crippen LogP contribution in [0.25, 0.3) is 6.08 Å². The molecule has 0 fully saturated rings. The smallest absolute Gasteiger partial charge is 0.416 e. The molecule has 0 aliphatic carbocycles. The number of nitrogens with one attached hydrogen (secondary N) is 1. The molecule has 31 heavy (non-hydrogen) atoms. The number of amides is 1. The SMILES string of the molecule is COc1ccc(CCNC(=O)COC(=O)/C=C/c2ccc(C(F)(F)F)cc2)cc1OC. The van der Waals surface area contributed by atoms with E-state index in [0.29, 0.717) is 30.0 Å². The summed E-state index contributed by atoms with van der Waals surface area (Å²) in [7, 11) is 3.07. The van der Waals surface area contributed by atoms with Gasteiger partial charge in [0.05, 0.1) is 19.8 Å². The van der Waals surface area contributed by atoms with Crippen LogP contribution in [0.2, 0.25) is 0 Å². The molecule has 0 aliphatic rings. The number of rotatable bonds is 9. The summed E-state index contributed by atoms with van der Waals surface area (Å²) < 4.78 is 52.8. The maximum atomic E-state index is 12.5. The van der Waals surface area contributed by atoms with Crippen LogP contribution in [0.4, 0.5) is 13.2 Å². The first kappa shape index (κ1) is 23.8. The highest BCUT2D eigenvalue weighted by molar-refractivity contribution is 5.89. The fourth-order valence-electron chi connectivity index (χ4n) is 2.57. The third-order valence-corrected chi connectivity index (χ3v) is 4.18. The van der Waals surface area contributed by atoms with E-state index in [-0.39, 0.29) is 0 Å². The van der Waals surface area contributed by atoms with Crippen molar-refractivity contribution in [1.82, 2.24) is 5.32 Å². The Kier molecular flexibility index (Phi) is 8.48. The van der Waals surface area contributed by atoms with Crippen molar-refractivity contribution in [2.45, 2.75) is 12.6 Å². The summed E-state index contributed by atoms with van der Waals surface area (Å²) >= 11 is 0. The number of ether oxygens (including phenoxy) is 3. The first-order valence-electron chi connectivity index (χ1n) is 9.22. The van der Waals surface area contributed by atoms with Crippen LogP contribution in [-0.2, 0) is 26.9 Å². The van der Waals surface area contributed by atoms with E-state index in [9.17, 15) is 22.8 Å². The van der Waals surface area contributed by atoms with Crippen molar-refractivity contribution in [3.63, 3.8) is 0 Å². The summed E-state index contributed by atoms with van der Waals surface area (Å²) in [6, 6.07) is 9.70. The van der Waals surface area contributed by atoms with Gasteiger partial charge < -0.3 is 19.5 Å². The predicted molar refractivity (Wildman–Crippen MR) is 108 cm³/mol. The number of hydrogen-bond donors (Lipinski definition) is 1. The molecular weight excluding hydrogens is 415 g/mol. The average molecular weight is 437 g/mol. The standard InChI is InChI=1S/C22H22F3NO5/c1-29-18-9-5-16(13-19(18)30-2)11-12-26-20(27)14-31-21(28)10-6-15-3-7-17(8-4-15)22(23,24)25/h3-10,13H,11-12,14H2,1-2H3,(H,26,27)/b10-6+. The van der Waals surface area contributed by atoms with E-state index in [0.717, 1.165) is 23.8 Å². The van der Waals surface area contributed by atoms with Gasteiger partial charge in [0.15, 0.2) is 18.1 Å². The van der Waals surface area contributed by atoms with Gasteiger partial charge in [0.1, 0.15) is 0 Å². The van der Waals surface area contributed by atoms with Crippen LogP contribution in [0.1, 0.15) is 16.7 Å². The molecule has 6 nitrogen and oxygen atoms in total. The lowest BCUT2D eigenvalue weighted by Crippen LogP contribution is -2.30. The number of carbonyl (C=O) groups excluding carboxylic acids is 2. The third kappa shape index (κ3) is 7.69. The molecule has 2 aromatic rings. The van der Waals surface area contributed by atoms with Crippen LogP contribution in [0.3, 0.4) is 0 Å². The van der Waals surface area contributed by atoms with Gasteiger partial charge >= 0.3 is 12.1 Å². The summed E-state index contributed by atoms with van der Waals surface area (Å²) in [6.07, 6.45) is -1.54. The number of alkyl halides is 3. The number of carbonyl (C=O) groups is 2. The highest BCUT2D eigenvalue weighted by atomic mass is 19.4. The van der Waals surface area contributed by atoms with Gasteiger partial charge in [-0.05, 0) is 47.9 Å². The number of benzene rings is 2. The fourth-order valence-corrected chi connectivity index (χ4v) is 2.57. The molecule has 0 aliphatic heterocycles. The van der Waals surface area contributed by atoms with E-state index < -0.39 is 30.2 Å². The van der Waals surface area contributed by atoms with Crippen molar-refractivity contribution < 1.29 is 37.0 Å². The summed E-state index contributed by atoms with van der Waals surface area (Å²) in [5.74, 6) is -0.0710. The van der Waals surface area contributed by atoms with Gasteiger partial charge in [-0.2, -0.15) is 13.2 Å². The van der Waals surface area contributed by atoms with Gasteiger partial charge in [-0.15, -0.1) is 0 Å². The van der Waals surface area contributed by atoms with Crippen LogP contribution in [0.5, 0.6) is 11.5 Å². The van der Waals surface area contributed by atoms with Gasteiger partial charge in [-0.3, -0.25) is 4.79 Å². The topological polar surface area (TPSA) is 73.9 Å². The van der Waals surface area contributed by atoms with Crippen molar-refractivity contribution in [2.24, 2.45) is 0 Å². The fraction of sp³-hybridized carbons (Fsp3) is 0.273. The number of methoxy groups -OCH3 is 2. The highest BCUT2D eigenvalue weighted by Gasteiger charge is 2.29. The van der Waals surface area contributed by atoms with Gasteiger partial charge in [0.2, 0.25) is 0 Å². The van der Waals surface area contributed by atoms with E-state index in [1.807, 2.05) is 6.07 Å². The molecule has 0 aromatic heterocycles. The molecule has 2 rings (SSSR count). The lowest BCUT2D eigenvalue weighted by atomic mass is 10.1. The van der Waals surface area contributed by atoms with Crippen molar-refractivity contribution >= 4 is 18.0 Å². The van der Waals surface area contributed by atoms with Crippen molar-refractivity contribution in [3.8, 4) is 11.5 Å². The van der Waals surface area contributed by atoms with E-state index in [1.165, 1.54) is 32.4 Å². The Bertz CT molecular complexity index is 924. The minimum absolute atomic E-state index is 0.327. The van der Waals surface area contributed by atoms with Gasteiger partial charge in [-0.1, -0.05) is 18.2 Å². The van der Waals surface area contributed by atoms with Crippen molar-refractivity contribution in [3.05, 3.63) is 65.2 Å². The molecule has 0 spiro atoms. The van der Waals surface area contributed by atoms with E-state index in [4.69, 9.17) is 14.2 Å². The second-order valence-electron chi connectivity index (χ2n) is 6.35. The van der Waals surface area contributed by atoms with Gasteiger partial charge in [0.25, 0.3) is 5.91 Å². The zero-order valence-electron chi connectivity index (χ0n) is 17.0. The molecule has 166 valence electrons. The Morgan fingerprint density at radius 3 is 2.29 bits per heavy atom. The molecule has 0 saturated heterocycles. The number of esters is 1. The maximum Gasteiger partial charge on any atom is 0.416 e. The first-order valence-corrected chi connectivity index (χ1v) is 9.22. The molecular formula is C22H22F3NO5. The molecule has 0 saturated carbocycles. The van der Waals surface area contributed by atoms with Crippen molar-refractivity contribution in [1.29, 1.82) is 0 Å². The van der Waals surface area contributed by atoms with Crippen molar-refractivity contribution in [2.75, 3.05) is 27.4 Å². The zero-order chi connectivity index (χ0) is 22.9. The zero-order valence-corrected chi connectivity index (χ0v) is 17.0. The maximum absolute atomic E-state index is 12.5.